The highest BCUT2D eigenvalue weighted by Gasteiger charge is 2.30. The Hall–Kier alpha value is -3.27. The smallest absolute Gasteiger partial charge is 0.287 e. The SMILES string of the molecule is CCC(=O)N[C@@H](Cc1nc2ccc(C(C)C)cc2s1)C(=O)N[C@H](CNC(=O)c1ncc[nH]1)C1CCCCC1. The van der Waals surface area contributed by atoms with Crippen molar-refractivity contribution in [3.8, 4) is 0 Å². The molecule has 0 saturated heterocycles. The van der Waals surface area contributed by atoms with E-state index in [0.29, 0.717) is 18.9 Å². The van der Waals surface area contributed by atoms with Crippen LogP contribution in [0, 0.1) is 5.92 Å². The van der Waals surface area contributed by atoms with Gasteiger partial charge in [0, 0.05) is 37.8 Å². The third-order valence-corrected chi connectivity index (χ3v) is 8.26. The number of nitrogens with zero attached hydrogens (tertiary/aromatic N) is 2. The fourth-order valence-electron chi connectivity index (χ4n) is 4.95. The number of H-pyrrole nitrogens is 1. The van der Waals surface area contributed by atoms with Gasteiger partial charge in [-0.3, -0.25) is 14.4 Å². The van der Waals surface area contributed by atoms with Gasteiger partial charge >= 0.3 is 0 Å². The van der Waals surface area contributed by atoms with E-state index in [1.54, 1.807) is 24.5 Å². The maximum Gasteiger partial charge on any atom is 0.287 e. The molecular formula is C28H38N6O3S. The number of carbonyl (C=O) groups is 3. The quantitative estimate of drug-likeness (QED) is 0.292. The number of carbonyl (C=O) groups excluding carboxylic acids is 3. The minimum atomic E-state index is -0.751. The first-order chi connectivity index (χ1) is 18.3. The van der Waals surface area contributed by atoms with Crippen molar-refractivity contribution in [2.24, 2.45) is 5.92 Å². The largest absolute Gasteiger partial charge is 0.350 e. The van der Waals surface area contributed by atoms with Gasteiger partial charge in [-0.1, -0.05) is 46.1 Å². The van der Waals surface area contributed by atoms with Crippen LogP contribution < -0.4 is 16.0 Å². The summed E-state index contributed by atoms with van der Waals surface area (Å²) in [5, 5.41) is 9.79. The zero-order chi connectivity index (χ0) is 27.1. The van der Waals surface area contributed by atoms with Crippen LogP contribution >= 0.6 is 11.3 Å². The van der Waals surface area contributed by atoms with Crippen LogP contribution in [0.5, 0.6) is 0 Å². The van der Waals surface area contributed by atoms with Crippen molar-refractivity contribution in [1.29, 1.82) is 0 Å². The van der Waals surface area contributed by atoms with Crippen LogP contribution in [-0.2, 0) is 16.0 Å². The molecule has 3 aromatic rings. The van der Waals surface area contributed by atoms with Crippen LogP contribution in [0.4, 0.5) is 0 Å². The molecule has 2 heterocycles. The van der Waals surface area contributed by atoms with E-state index < -0.39 is 6.04 Å². The number of fused-ring (bicyclic) bond motifs is 1. The van der Waals surface area contributed by atoms with Gasteiger partial charge in [0.25, 0.3) is 5.91 Å². The molecule has 204 valence electrons. The fourth-order valence-corrected chi connectivity index (χ4v) is 6.01. The van der Waals surface area contributed by atoms with E-state index >= 15 is 0 Å². The van der Waals surface area contributed by atoms with E-state index in [4.69, 9.17) is 4.98 Å². The number of rotatable bonds is 11. The third kappa shape index (κ3) is 7.18. The second kappa shape index (κ2) is 13.0. The molecule has 4 N–H and O–H groups in total. The zero-order valence-electron chi connectivity index (χ0n) is 22.4. The zero-order valence-corrected chi connectivity index (χ0v) is 23.2. The van der Waals surface area contributed by atoms with Gasteiger partial charge < -0.3 is 20.9 Å². The van der Waals surface area contributed by atoms with Crippen molar-refractivity contribution < 1.29 is 14.4 Å². The predicted octanol–water partition coefficient (Wildman–Crippen LogP) is 4.08. The lowest BCUT2D eigenvalue weighted by Crippen LogP contribution is -2.55. The number of nitrogens with one attached hydrogen (secondary N) is 4. The van der Waals surface area contributed by atoms with E-state index in [-0.39, 0.29) is 41.9 Å². The molecule has 3 amide bonds. The number of benzene rings is 1. The lowest BCUT2D eigenvalue weighted by atomic mass is 9.83. The van der Waals surface area contributed by atoms with Gasteiger partial charge in [-0.25, -0.2) is 9.97 Å². The summed E-state index contributed by atoms with van der Waals surface area (Å²) in [6.07, 6.45) is 9.08. The number of hydrogen-bond acceptors (Lipinski definition) is 6. The standard InChI is InChI=1S/C28H38N6O3S/c1-4-24(35)32-21(15-25-33-20-11-10-19(17(2)3)14-23(20)38-25)27(36)34-22(18-8-6-5-7-9-18)16-31-28(37)26-29-12-13-30-26/h10-14,17-18,21-22H,4-9,15-16H2,1-3H3,(H,29,30)(H,31,37)(H,32,35)(H,34,36)/t21-,22+/m0/s1. The molecule has 1 fully saturated rings. The van der Waals surface area contributed by atoms with Crippen molar-refractivity contribution in [1.82, 2.24) is 30.9 Å². The average molecular weight is 539 g/mol. The molecule has 1 aromatic carbocycles. The van der Waals surface area contributed by atoms with Crippen LogP contribution in [-0.4, -0.2) is 51.3 Å². The van der Waals surface area contributed by atoms with Gasteiger partial charge in [0.2, 0.25) is 11.8 Å². The molecule has 2 aromatic heterocycles. The molecule has 0 unspecified atom stereocenters. The van der Waals surface area contributed by atoms with E-state index in [0.717, 1.165) is 40.9 Å². The highest BCUT2D eigenvalue weighted by atomic mass is 32.1. The van der Waals surface area contributed by atoms with E-state index in [9.17, 15) is 14.4 Å². The summed E-state index contributed by atoms with van der Waals surface area (Å²) in [5.41, 5.74) is 2.14. The number of amides is 3. The van der Waals surface area contributed by atoms with E-state index in [2.05, 4.69) is 51.9 Å². The summed E-state index contributed by atoms with van der Waals surface area (Å²) in [6, 6.07) is 5.27. The predicted molar refractivity (Wildman–Crippen MR) is 149 cm³/mol. The number of hydrogen-bond donors (Lipinski definition) is 4. The molecule has 0 radical (unpaired) electrons. The van der Waals surface area contributed by atoms with Gasteiger partial charge in [-0.2, -0.15) is 0 Å². The van der Waals surface area contributed by atoms with Gasteiger partial charge in [0.1, 0.15) is 6.04 Å². The van der Waals surface area contributed by atoms with Crippen LogP contribution in [0.25, 0.3) is 10.2 Å². The number of imidazole rings is 1. The van der Waals surface area contributed by atoms with E-state index in [1.807, 2.05) is 6.07 Å². The minimum Gasteiger partial charge on any atom is -0.350 e. The van der Waals surface area contributed by atoms with Crippen molar-refractivity contribution in [3.05, 3.63) is 47.0 Å². The Bertz CT molecular complexity index is 1230. The summed E-state index contributed by atoms with van der Waals surface area (Å²) in [4.78, 5) is 50.0. The molecule has 2 atom stereocenters. The summed E-state index contributed by atoms with van der Waals surface area (Å²) in [5.74, 6) is 0.159. The molecule has 1 saturated carbocycles. The molecule has 10 heteroatoms. The molecule has 4 rings (SSSR count). The number of aromatic nitrogens is 3. The Labute approximate surface area is 227 Å². The summed E-state index contributed by atoms with van der Waals surface area (Å²) >= 11 is 1.56. The van der Waals surface area contributed by atoms with Gasteiger partial charge in [-0.05, 0) is 42.4 Å². The molecule has 9 nitrogen and oxygen atoms in total. The van der Waals surface area contributed by atoms with Crippen molar-refractivity contribution in [2.45, 2.75) is 83.7 Å². The molecule has 0 bridgehead atoms. The van der Waals surface area contributed by atoms with Gasteiger partial charge in [-0.15, -0.1) is 11.3 Å². The first-order valence-electron chi connectivity index (χ1n) is 13.6. The van der Waals surface area contributed by atoms with Crippen LogP contribution in [0.3, 0.4) is 0 Å². The molecular weight excluding hydrogens is 500 g/mol. The maximum atomic E-state index is 13.6. The molecule has 0 aliphatic heterocycles. The summed E-state index contributed by atoms with van der Waals surface area (Å²) in [7, 11) is 0. The van der Waals surface area contributed by atoms with Crippen molar-refractivity contribution in [2.75, 3.05) is 6.54 Å². The monoisotopic (exact) mass is 538 g/mol. The minimum absolute atomic E-state index is 0.186. The second-order valence-electron chi connectivity index (χ2n) is 10.3. The first-order valence-corrected chi connectivity index (χ1v) is 14.4. The number of aromatic amines is 1. The van der Waals surface area contributed by atoms with Gasteiger partial charge in [0.15, 0.2) is 5.82 Å². The number of thiazole rings is 1. The molecule has 1 aliphatic carbocycles. The first kappa shape index (κ1) is 27.8. The Morgan fingerprint density at radius 1 is 1.13 bits per heavy atom. The fraction of sp³-hybridized carbons (Fsp3) is 0.536. The summed E-state index contributed by atoms with van der Waals surface area (Å²) in [6.45, 7) is 6.38. The van der Waals surface area contributed by atoms with Crippen molar-refractivity contribution in [3.63, 3.8) is 0 Å². The normalized spacial score (nSPS) is 15.8. The maximum absolute atomic E-state index is 13.6. The van der Waals surface area contributed by atoms with Crippen LogP contribution in [0.2, 0.25) is 0 Å². The topological polar surface area (TPSA) is 129 Å². The molecule has 1 aliphatic rings. The lowest BCUT2D eigenvalue weighted by Gasteiger charge is -2.32. The van der Waals surface area contributed by atoms with Crippen LogP contribution in [0.1, 0.15) is 86.4 Å². The Morgan fingerprint density at radius 3 is 2.61 bits per heavy atom. The third-order valence-electron chi connectivity index (χ3n) is 7.22. The Morgan fingerprint density at radius 2 is 1.92 bits per heavy atom. The Balaban J connectivity index is 1.49. The van der Waals surface area contributed by atoms with Gasteiger partial charge in [0.05, 0.1) is 15.2 Å². The van der Waals surface area contributed by atoms with E-state index in [1.165, 1.54) is 18.2 Å². The highest BCUT2D eigenvalue weighted by Crippen LogP contribution is 2.28. The average Bonchev–Trinajstić information content (AvgIpc) is 3.60. The lowest BCUT2D eigenvalue weighted by molar-refractivity contribution is -0.129. The molecule has 38 heavy (non-hydrogen) atoms. The van der Waals surface area contributed by atoms with Crippen molar-refractivity contribution >= 4 is 39.3 Å². The molecule has 0 spiro atoms. The summed E-state index contributed by atoms with van der Waals surface area (Å²) < 4.78 is 1.08. The highest BCUT2D eigenvalue weighted by molar-refractivity contribution is 7.18. The second-order valence-corrected chi connectivity index (χ2v) is 11.4. The van der Waals surface area contributed by atoms with Crippen LogP contribution in [0.15, 0.2) is 30.6 Å². The Kier molecular flexibility index (Phi) is 9.49.